The SMILES string of the molecule is NC(=S)c1cn[nH]c1NS(=O)(=O)c1cc(Cl)ccc1Cl. The minimum absolute atomic E-state index is 0.00800. The third-order valence-corrected chi connectivity index (χ3v) is 4.61. The van der Waals surface area contributed by atoms with Crippen LogP contribution in [-0.4, -0.2) is 23.6 Å². The van der Waals surface area contributed by atoms with E-state index in [-0.39, 0.29) is 31.3 Å². The van der Waals surface area contributed by atoms with Gasteiger partial charge >= 0.3 is 0 Å². The highest BCUT2D eigenvalue weighted by atomic mass is 35.5. The van der Waals surface area contributed by atoms with E-state index in [0.29, 0.717) is 0 Å². The maximum atomic E-state index is 12.3. The molecule has 1 aromatic heterocycles. The molecule has 10 heteroatoms. The second-order valence-electron chi connectivity index (χ2n) is 3.70. The van der Waals surface area contributed by atoms with Crippen molar-refractivity contribution in [3.63, 3.8) is 0 Å². The Kier molecular flexibility index (Phi) is 4.19. The topological polar surface area (TPSA) is 101 Å². The van der Waals surface area contributed by atoms with Crippen LogP contribution in [0.5, 0.6) is 0 Å². The van der Waals surface area contributed by atoms with Gasteiger partial charge in [0.05, 0.1) is 16.8 Å². The summed E-state index contributed by atoms with van der Waals surface area (Å²) in [6.07, 6.45) is 1.32. The number of nitrogens with zero attached hydrogens (tertiary/aromatic N) is 1. The number of aromatic nitrogens is 2. The quantitative estimate of drug-likeness (QED) is 0.733. The molecule has 1 heterocycles. The zero-order valence-electron chi connectivity index (χ0n) is 9.72. The molecule has 6 nitrogen and oxygen atoms in total. The maximum absolute atomic E-state index is 12.3. The summed E-state index contributed by atoms with van der Waals surface area (Å²) in [5.41, 5.74) is 5.74. The standard InChI is InChI=1S/C10H8Cl2N4O2S2/c11-5-1-2-7(12)8(3-5)20(17,18)16-10-6(9(13)19)4-14-15-10/h1-4H,(H2,13,19)(H2,14,15,16). The van der Waals surface area contributed by atoms with Crippen LogP contribution in [0.1, 0.15) is 5.56 Å². The largest absolute Gasteiger partial charge is 0.389 e. The van der Waals surface area contributed by atoms with E-state index < -0.39 is 10.0 Å². The van der Waals surface area contributed by atoms with Crippen LogP contribution in [-0.2, 0) is 10.0 Å². The molecular weight excluding hydrogens is 343 g/mol. The van der Waals surface area contributed by atoms with E-state index in [1.165, 1.54) is 24.4 Å². The molecule has 0 spiro atoms. The molecule has 0 bridgehead atoms. The number of nitrogens with two attached hydrogens (primary N) is 1. The molecular formula is C10H8Cl2N4O2S2. The molecule has 2 rings (SSSR count). The highest BCUT2D eigenvalue weighted by Crippen LogP contribution is 2.27. The Morgan fingerprint density at radius 3 is 2.75 bits per heavy atom. The molecule has 0 aliphatic heterocycles. The number of thiocarbonyl (C=S) groups is 1. The lowest BCUT2D eigenvalue weighted by Gasteiger charge is -2.09. The van der Waals surface area contributed by atoms with Crippen LogP contribution >= 0.6 is 35.4 Å². The van der Waals surface area contributed by atoms with Gasteiger partial charge < -0.3 is 5.73 Å². The number of hydrogen-bond acceptors (Lipinski definition) is 4. The third kappa shape index (κ3) is 3.04. The number of aromatic amines is 1. The molecule has 0 unspecified atom stereocenters. The Hall–Kier alpha value is -1.35. The first-order chi connectivity index (χ1) is 9.31. The normalized spacial score (nSPS) is 11.3. The molecule has 0 aliphatic rings. The van der Waals surface area contributed by atoms with Crippen molar-refractivity contribution in [3.05, 3.63) is 40.0 Å². The number of H-pyrrole nitrogens is 1. The molecule has 0 atom stereocenters. The minimum Gasteiger partial charge on any atom is -0.389 e. The van der Waals surface area contributed by atoms with Crippen LogP contribution in [0.25, 0.3) is 0 Å². The number of halogens is 2. The van der Waals surface area contributed by atoms with E-state index in [2.05, 4.69) is 14.9 Å². The minimum atomic E-state index is -3.95. The molecule has 0 fully saturated rings. The van der Waals surface area contributed by atoms with Gasteiger partial charge in [-0.1, -0.05) is 35.4 Å². The predicted octanol–water partition coefficient (Wildman–Crippen LogP) is 2.15. The number of benzene rings is 1. The molecule has 0 amide bonds. The first-order valence-corrected chi connectivity index (χ1v) is 7.77. The number of anilines is 1. The summed E-state index contributed by atoms with van der Waals surface area (Å²) in [7, 11) is -3.95. The summed E-state index contributed by atoms with van der Waals surface area (Å²) in [4.78, 5) is -0.149. The first kappa shape index (κ1) is 15.0. The molecule has 0 aliphatic carbocycles. The van der Waals surface area contributed by atoms with Gasteiger partial charge in [-0.2, -0.15) is 5.10 Å². The maximum Gasteiger partial charge on any atom is 0.264 e. The number of hydrogen-bond donors (Lipinski definition) is 3. The van der Waals surface area contributed by atoms with Gasteiger partial charge in [-0.05, 0) is 18.2 Å². The van der Waals surface area contributed by atoms with Crippen LogP contribution in [0.2, 0.25) is 10.0 Å². The molecule has 0 saturated heterocycles. The summed E-state index contributed by atoms with van der Waals surface area (Å²) < 4.78 is 26.8. The van der Waals surface area contributed by atoms with Gasteiger partial charge in [0.25, 0.3) is 10.0 Å². The van der Waals surface area contributed by atoms with Gasteiger partial charge in [0.15, 0.2) is 0 Å². The second kappa shape index (κ2) is 5.57. The lowest BCUT2D eigenvalue weighted by atomic mass is 10.3. The molecule has 1 aromatic carbocycles. The fraction of sp³-hybridized carbons (Fsp3) is 0. The van der Waals surface area contributed by atoms with Crippen molar-refractivity contribution in [2.75, 3.05) is 4.72 Å². The fourth-order valence-corrected chi connectivity index (χ4v) is 3.38. The lowest BCUT2D eigenvalue weighted by Crippen LogP contribution is -2.17. The predicted molar refractivity (Wildman–Crippen MR) is 81.7 cm³/mol. The molecule has 20 heavy (non-hydrogen) atoms. The Bertz CT molecular complexity index is 773. The van der Waals surface area contributed by atoms with E-state index in [1.807, 2.05) is 0 Å². The summed E-state index contributed by atoms with van der Waals surface area (Å²) in [6, 6.07) is 4.11. The van der Waals surface area contributed by atoms with Crippen molar-refractivity contribution in [1.82, 2.24) is 10.2 Å². The smallest absolute Gasteiger partial charge is 0.264 e. The Balaban J connectivity index is 2.44. The molecule has 0 radical (unpaired) electrons. The number of nitrogens with one attached hydrogen (secondary N) is 2. The average molecular weight is 351 g/mol. The zero-order chi connectivity index (χ0) is 14.9. The van der Waals surface area contributed by atoms with Crippen molar-refractivity contribution in [2.45, 2.75) is 4.90 Å². The van der Waals surface area contributed by atoms with Crippen LogP contribution in [0, 0.1) is 0 Å². The van der Waals surface area contributed by atoms with Gasteiger partial charge in [0, 0.05) is 5.02 Å². The van der Waals surface area contributed by atoms with Gasteiger partial charge in [-0.3, -0.25) is 9.82 Å². The number of sulfonamides is 1. The van der Waals surface area contributed by atoms with E-state index >= 15 is 0 Å². The van der Waals surface area contributed by atoms with Crippen LogP contribution in [0.3, 0.4) is 0 Å². The summed E-state index contributed by atoms with van der Waals surface area (Å²) in [5, 5.41) is 6.43. The van der Waals surface area contributed by atoms with Gasteiger partial charge in [-0.25, -0.2) is 8.42 Å². The Labute approximate surface area is 130 Å². The first-order valence-electron chi connectivity index (χ1n) is 5.12. The Morgan fingerprint density at radius 1 is 1.40 bits per heavy atom. The van der Waals surface area contributed by atoms with Crippen molar-refractivity contribution in [3.8, 4) is 0 Å². The van der Waals surface area contributed by atoms with Crippen molar-refractivity contribution < 1.29 is 8.42 Å². The summed E-state index contributed by atoms with van der Waals surface area (Å²) >= 11 is 16.4. The lowest BCUT2D eigenvalue weighted by molar-refractivity contribution is 0.601. The molecule has 0 saturated carbocycles. The van der Waals surface area contributed by atoms with E-state index in [1.54, 1.807) is 0 Å². The summed E-state index contributed by atoms with van der Waals surface area (Å²) in [6.45, 7) is 0. The zero-order valence-corrected chi connectivity index (χ0v) is 12.9. The summed E-state index contributed by atoms with van der Waals surface area (Å²) in [5.74, 6) is 0.0635. The Morgan fingerprint density at radius 2 is 2.10 bits per heavy atom. The highest BCUT2D eigenvalue weighted by Gasteiger charge is 2.21. The highest BCUT2D eigenvalue weighted by molar-refractivity contribution is 7.92. The van der Waals surface area contributed by atoms with E-state index in [4.69, 9.17) is 41.2 Å². The molecule has 4 N–H and O–H groups in total. The van der Waals surface area contributed by atoms with Gasteiger partial charge in [0.1, 0.15) is 15.7 Å². The average Bonchev–Trinajstić information content (AvgIpc) is 2.79. The van der Waals surface area contributed by atoms with Gasteiger partial charge in [0.2, 0.25) is 0 Å². The van der Waals surface area contributed by atoms with Crippen LogP contribution in [0.15, 0.2) is 29.3 Å². The van der Waals surface area contributed by atoms with Crippen molar-refractivity contribution in [2.24, 2.45) is 5.73 Å². The van der Waals surface area contributed by atoms with Gasteiger partial charge in [-0.15, -0.1) is 0 Å². The van der Waals surface area contributed by atoms with Crippen molar-refractivity contribution >= 4 is 56.2 Å². The molecule has 106 valence electrons. The fourth-order valence-electron chi connectivity index (χ4n) is 1.42. The van der Waals surface area contributed by atoms with Crippen LogP contribution < -0.4 is 10.5 Å². The van der Waals surface area contributed by atoms with Crippen LogP contribution in [0.4, 0.5) is 5.82 Å². The number of rotatable bonds is 4. The second-order valence-corrected chi connectivity index (χ2v) is 6.64. The third-order valence-electron chi connectivity index (χ3n) is 2.32. The molecule has 2 aromatic rings. The van der Waals surface area contributed by atoms with Crippen molar-refractivity contribution in [1.29, 1.82) is 0 Å². The van der Waals surface area contributed by atoms with E-state index in [0.717, 1.165) is 0 Å². The van der Waals surface area contributed by atoms with E-state index in [9.17, 15) is 8.42 Å². The monoisotopic (exact) mass is 350 g/mol.